The van der Waals surface area contributed by atoms with Gasteiger partial charge in [0.1, 0.15) is 11.3 Å². The van der Waals surface area contributed by atoms with Crippen LogP contribution in [0.2, 0.25) is 0 Å². The Bertz CT molecular complexity index is 481. The third-order valence-corrected chi connectivity index (χ3v) is 4.49. The number of methoxy groups -OCH3 is 1. The van der Waals surface area contributed by atoms with Crippen molar-refractivity contribution in [2.24, 2.45) is 0 Å². The van der Waals surface area contributed by atoms with Crippen LogP contribution in [0.5, 0.6) is 5.75 Å². The number of ether oxygens (including phenoxy) is 1. The second kappa shape index (κ2) is 6.94. The molecule has 4 heteroatoms. The van der Waals surface area contributed by atoms with Crippen LogP contribution in [-0.2, 0) is 11.2 Å². The molecule has 1 fully saturated rings. The zero-order valence-corrected chi connectivity index (χ0v) is 13.0. The fourth-order valence-corrected chi connectivity index (χ4v) is 3.11. The van der Waals surface area contributed by atoms with Crippen LogP contribution in [0.15, 0.2) is 24.3 Å². The van der Waals surface area contributed by atoms with Crippen molar-refractivity contribution < 1.29 is 14.6 Å². The van der Waals surface area contributed by atoms with Crippen molar-refractivity contribution in [2.45, 2.75) is 44.6 Å². The molecule has 1 aliphatic rings. The Kier molecular flexibility index (Phi) is 5.23. The summed E-state index contributed by atoms with van der Waals surface area (Å²) < 4.78 is 5.37. The number of hydrogen-bond donors (Lipinski definition) is 1. The summed E-state index contributed by atoms with van der Waals surface area (Å²) in [6, 6.07) is 7.69. The first kappa shape index (κ1) is 15.8. The first-order chi connectivity index (χ1) is 10.1. The molecule has 1 unspecified atom stereocenters. The van der Waals surface area contributed by atoms with Crippen molar-refractivity contribution in [3.05, 3.63) is 29.8 Å². The third-order valence-electron chi connectivity index (χ3n) is 4.49. The number of hydrogen-bond acceptors (Lipinski definition) is 3. The molecule has 0 radical (unpaired) electrons. The van der Waals surface area contributed by atoms with Gasteiger partial charge in [0.05, 0.1) is 7.11 Å². The van der Waals surface area contributed by atoms with Gasteiger partial charge in [-0.3, -0.25) is 9.69 Å². The average Bonchev–Trinajstić information content (AvgIpc) is 2.77. The van der Waals surface area contributed by atoms with E-state index in [0.717, 1.165) is 37.2 Å². The molecule has 2 rings (SSSR count). The lowest BCUT2D eigenvalue weighted by atomic mass is 9.90. The lowest BCUT2D eigenvalue weighted by Crippen LogP contribution is -2.54. The first-order valence-corrected chi connectivity index (χ1v) is 7.68. The second-order valence-corrected chi connectivity index (χ2v) is 5.97. The number of likely N-dealkylation sites (tertiary alicyclic amines) is 1. The minimum atomic E-state index is -0.876. The van der Waals surface area contributed by atoms with Gasteiger partial charge in [-0.05, 0) is 44.5 Å². The van der Waals surface area contributed by atoms with Gasteiger partial charge >= 0.3 is 5.97 Å². The summed E-state index contributed by atoms with van der Waals surface area (Å²) in [4.78, 5) is 14.1. The van der Waals surface area contributed by atoms with Crippen molar-refractivity contribution in [2.75, 3.05) is 20.2 Å². The van der Waals surface area contributed by atoms with Gasteiger partial charge in [-0.1, -0.05) is 31.0 Å². The summed E-state index contributed by atoms with van der Waals surface area (Å²) in [6.07, 6.45) is 5.01. The molecule has 21 heavy (non-hydrogen) atoms. The number of rotatable bonds is 5. The molecule has 0 aliphatic carbocycles. The van der Waals surface area contributed by atoms with Crippen molar-refractivity contribution >= 4 is 5.97 Å². The van der Waals surface area contributed by atoms with Crippen LogP contribution in [0.25, 0.3) is 0 Å². The molecule has 0 bridgehead atoms. The smallest absolute Gasteiger partial charge is 0.324 e. The predicted octanol–water partition coefficient (Wildman–Crippen LogP) is 2.96. The lowest BCUT2D eigenvalue weighted by Gasteiger charge is -2.37. The molecule has 1 aromatic carbocycles. The summed E-state index contributed by atoms with van der Waals surface area (Å²) in [7, 11) is 1.63. The SMILES string of the molecule is COc1ccccc1CC(C)(C(=O)O)N1CCCCCC1. The zero-order chi connectivity index (χ0) is 15.3. The Morgan fingerprint density at radius 2 is 1.86 bits per heavy atom. The Balaban J connectivity index is 2.26. The van der Waals surface area contributed by atoms with E-state index >= 15 is 0 Å². The maximum atomic E-state index is 12.0. The molecule has 4 nitrogen and oxygen atoms in total. The highest BCUT2D eigenvalue weighted by molar-refractivity contribution is 5.79. The van der Waals surface area contributed by atoms with Gasteiger partial charge in [0.2, 0.25) is 0 Å². The van der Waals surface area contributed by atoms with Gasteiger partial charge in [0.15, 0.2) is 0 Å². The van der Waals surface area contributed by atoms with Crippen LogP contribution in [0.3, 0.4) is 0 Å². The van der Waals surface area contributed by atoms with Gasteiger partial charge in [0.25, 0.3) is 0 Å². The van der Waals surface area contributed by atoms with Crippen LogP contribution >= 0.6 is 0 Å². The molecule has 1 N–H and O–H groups in total. The van der Waals surface area contributed by atoms with Crippen molar-refractivity contribution in [3.63, 3.8) is 0 Å². The number of nitrogens with zero attached hydrogens (tertiary/aromatic N) is 1. The molecule has 1 aliphatic heterocycles. The Morgan fingerprint density at radius 3 is 2.43 bits per heavy atom. The molecular formula is C17H25NO3. The zero-order valence-electron chi connectivity index (χ0n) is 13.0. The maximum absolute atomic E-state index is 12.0. The lowest BCUT2D eigenvalue weighted by molar-refractivity contribution is -0.150. The number of para-hydroxylation sites is 1. The molecule has 1 atom stereocenters. The fourth-order valence-electron chi connectivity index (χ4n) is 3.11. The standard InChI is InChI=1S/C17H25NO3/c1-17(16(19)20,18-11-7-3-4-8-12-18)13-14-9-5-6-10-15(14)21-2/h5-6,9-10H,3-4,7-8,11-13H2,1-2H3,(H,19,20). The molecule has 0 amide bonds. The predicted molar refractivity (Wildman–Crippen MR) is 82.8 cm³/mol. The molecule has 1 heterocycles. The van der Waals surface area contributed by atoms with Gasteiger partial charge in [-0.25, -0.2) is 0 Å². The highest BCUT2D eigenvalue weighted by Gasteiger charge is 2.40. The van der Waals surface area contributed by atoms with E-state index in [1.165, 1.54) is 12.8 Å². The highest BCUT2D eigenvalue weighted by atomic mass is 16.5. The topological polar surface area (TPSA) is 49.8 Å². The number of carboxylic acid groups (broad SMARTS) is 1. The summed E-state index contributed by atoms with van der Waals surface area (Å²) >= 11 is 0. The Hall–Kier alpha value is -1.55. The monoisotopic (exact) mass is 291 g/mol. The van der Waals surface area contributed by atoms with Gasteiger partial charge in [-0.2, -0.15) is 0 Å². The minimum Gasteiger partial charge on any atom is -0.496 e. The number of carbonyl (C=O) groups is 1. The number of carboxylic acids is 1. The largest absolute Gasteiger partial charge is 0.496 e. The molecule has 0 aromatic heterocycles. The Morgan fingerprint density at radius 1 is 1.24 bits per heavy atom. The van der Waals surface area contributed by atoms with Gasteiger partial charge in [-0.15, -0.1) is 0 Å². The first-order valence-electron chi connectivity index (χ1n) is 7.68. The summed E-state index contributed by atoms with van der Waals surface area (Å²) in [5.41, 5.74) is 0.0769. The molecular weight excluding hydrogens is 266 g/mol. The van der Waals surface area contributed by atoms with E-state index < -0.39 is 11.5 Å². The fraction of sp³-hybridized carbons (Fsp3) is 0.588. The van der Waals surface area contributed by atoms with Crippen LogP contribution in [0.4, 0.5) is 0 Å². The summed E-state index contributed by atoms with van der Waals surface area (Å²) in [5, 5.41) is 9.82. The molecule has 1 aromatic rings. The van der Waals surface area contributed by atoms with Crippen LogP contribution in [-0.4, -0.2) is 41.7 Å². The second-order valence-electron chi connectivity index (χ2n) is 5.97. The maximum Gasteiger partial charge on any atom is 0.324 e. The average molecular weight is 291 g/mol. The Labute approximate surface area is 126 Å². The normalized spacial score (nSPS) is 19.5. The van der Waals surface area contributed by atoms with Crippen molar-refractivity contribution in [1.29, 1.82) is 0 Å². The quantitative estimate of drug-likeness (QED) is 0.906. The molecule has 1 saturated heterocycles. The minimum absolute atomic E-state index is 0.465. The summed E-state index contributed by atoms with van der Waals surface area (Å²) in [6.45, 7) is 3.56. The van der Waals surface area contributed by atoms with E-state index in [1.54, 1.807) is 7.11 Å². The van der Waals surface area contributed by atoms with E-state index in [-0.39, 0.29) is 0 Å². The number of benzene rings is 1. The van der Waals surface area contributed by atoms with E-state index in [2.05, 4.69) is 4.90 Å². The van der Waals surface area contributed by atoms with Crippen LogP contribution < -0.4 is 4.74 Å². The summed E-state index contributed by atoms with van der Waals surface area (Å²) in [5.74, 6) is 0.00935. The number of aliphatic carboxylic acids is 1. The van der Waals surface area contributed by atoms with E-state index in [0.29, 0.717) is 6.42 Å². The molecule has 0 saturated carbocycles. The molecule has 0 spiro atoms. The van der Waals surface area contributed by atoms with E-state index in [9.17, 15) is 9.90 Å². The highest BCUT2D eigenvalue weighted by Crippen LogP contribution is 2.29. The van der Waals surface area contributed by atoms with E-state index in [1.807, 2.05) is 31.2 Å². The van der Waals surface area contributed by atoms with Crippen molar-refractivity contribution in [3.8, 4) is 5.75 Å². The third kappa shape index (κ3) is 3.56. The van der Waals surface area contributed by atoms with E-state index in [4.69, 9.17) is 4.74 Å². The molecule has 116 valence electrons. The van der Waals surface area contributed by atoms with Crippen LogP contribution in [0.1, 0.15) is 38.2 Å². The van der Waals surface area contributed by atoms with Crippen LogP contribution in [0, 0.1) is 0 Å². The van der Waals surface area contributed by atoms with Gasteiger partial charge < -0.3 is 9.84 Å². The van der Waals surface area contributed by atoms with Gasteiger partial charge in [0, 0.05) is 6.42 Å². The van der Waals surface area contributed by atoms with Crippen molar-refractivity contribution in [1.82, 2.24) is 4.90 Å².